The Balaban J connectivity index is 2.34. The molecule has 0 fully saturated rings. The lowest BCUT2D eigenvalue weighted by Crippen LogP contribution is -1.89. The number of anilines is 1. The third-order valence-corrected chi connectivity index (χ3v) is 3.41. The minimum absolute atomic E-state index is 0.794. The summed E-state index contributed by atoms with van der Waals surface area (Å²) in [4.78, 5) is 4.40. The minimum Gasteiger partial charge on any atom is -0.398 e. The van der Waals surface area contributed by atoms with Crippen molar-refractivity contribution in [2.45, 2.75) is 0 Å². The van der Waals surface area contributed by atoms with Crippen LogP contribution in [0.1, 0.15) is 0 Å². The van der Waals surface area contributed by atoms with Crippen molar-refractivity contribution >= 4 is 27.2 Å². The van der Waals surface area contributed by atoms with Gasteiger partial charge in [-0.1, -0.05) is 30.3 Å². The second-order valence-corrected chi connectivity index (χ2v) is 4.48. The van der Waals surface area contributed by atoms with Gasteiger partial charge in [-0.05, 0) is 12.1 Å². The zero-order chi connectivity index (χ0) is 11.0. The molecule has 0 saturated heterocycles. The molecule has 3 aromatic rings. The summed E-state index contributed by atoms with van der Waals surface area (Å²) in [6.07, 6.45) is 0. The summed E-state index contributed by atoms with van der Waals surface area (Å²) in [6.45, 7) is 0. The fourth-order valence-electron chi connectivity index (χ4n) is 1.85. The minimum atomic E-state index is 0.794. The Morgan fingerprint density at radius 1 is 0.938 bits per heavy atom. The average molecular weight is 226 g/mol. The number of hydrogen-bond donors (Lipinski definition) is 1. The standard InChI is InChI=1S/C13H10N2S/c14-11-6-2-1-4-9(11)10-5-3-7-12-13(10)15-8-16-12/h1-8H,14H2. The lowest BCUT2D eigenvalue weighted by Gasteiger charge is -2.05. The number of hydrogen-bond acceptors (Lipinski definition) is 3. The fraction of sp³-hybridized carbons (Fsp3) is 0. The first-order valence-electron chi connectivity index (χ1n) is 5.03. The molecule has 3 rings (SSSR count). The van der Waals surface area contributed by atoms with Gasteiger partial charge < -0.3 is 5.73 Å². The van der Waals surface area contributed by atoms with Gasteiger partial charge in [-0.2, -0.15) is 0 Å². The normalized spacial score (nSPS) is 10.8. The highest BCUT2D eigenvalue weighted by Gasteiger charge is 2.07. The van der Waals surface area contributed by atoms with E-state index >= 15 is 0 Å². The Bertz CT molecular complexity index is 643. The van der Waals surface area contributed by atoms with Crippen molar-refractivity contribution in [2.75, 3.05) is 5.73 Å². The summed E-state index contributed by atoms with van der Waals surface area (Å²) in [5.74, 6) is 0. The van der Waals surface area contributed by atoms with Crippen LogP contribution in [0.15, 0.2) is 48.0 Å². The summed E-state index contributed by atoms with van der Waals surface area (Å²) in [5.41, 5.74) is 11.8. The second-order valence-electron chi connectivity index (χ2n) is 3.59. The number of nitrogen functional groups attached to an aromatic ring is 1. The molecule has 78 valence electrons. The topological polar surface area (TPSA) is 38.9 Å². The molecule has 2 N–H and O–H groups in total. The van der Waals surface area contributed by atoms with Crippen LogP contribution < -0.4 is 5.73 Å². The molecule has 3 heteroatoms. The maximum Gasteiger partial charge on any atom is 0.0891 e. The molecule has 0 aliphatic heterocycles. The number of thiazole rings is 1. The van der Waals surface area contributed by atoms with Gasteiger partial charge in [0.2, 0.25) is 0 Å². The number of fused-ring (bicyclic) bond motifs is 1. The lowest BCUT2D eigenvalue weighted by molar-refractivity contribution is 1.49. The Kier molecular flexibility index (Phi) is 2.11. The smallest absolute Gasteiger partial charge is 0.0891 e. The van der Waals surface area contributed by atoms with Crippen molar-refractivity contribution in [3.05, 3.63) is 48.0 Å². The van der Waals surface area contributed by atoms with Crippen molar-refractivity contribution in [3.63, 3.8) is 0 Å². The Labute approximate surface area is 97.4 Å². The molecule has 0 saturated carbocycles. The summed E-state index contributed by atoms with van der Waals surface area (Å²) in [6, 6.07) is 14.1. The molecule has 0 aliphatic rings. The highest BCUT2D eigenvalue weighted by Crippen LogP contribution is 2.32. The zero-order valence-corrected chi connectivity index (χ0v) is 9.37. The van der Waals surface area contributed by atoms with Gasteiger partial charge in [0.25, 0.3) is 0 Å². The molecule has 0 bridgehead atoms. The molecule has 0 radical (unpaired) electrons. The van der Waals surface area contributed by atoms with Crippen LogP contribution in [-0.4, -0.2) is 4.98 Å². The maximum atomic E-state index is 5.99. The van der Waals surface area contributed by atoms with Crippen molar-refractivity contribution in [3.8, 4) is 11.1 Å². The molecule has 0 atom stereocenters. The highest BCUT2D eigenvalue weighted by atomic mass is 32.1. The van der Waals surface area contributed by atoms with Gasteiger partial charge >= 0.3 is 0 Å². The van der Waals surface area contributed by atoms with Crippen LogP contribution in [0.25, 0.3) is 21.3 Å². The molecule has 1 heterocycles. The van der Waals surface area contributed by atoms with Gasteiger partial charge in [0.05, 0.1) is 15.7 Å². The van der Waals surface area contributed by atoms with Crippen LogP contribution in [0.3, 0.4) is 0 Å². The number of rotatable bonds is 1. The molecule has 0 spiro atoms. The number of benzene rings is 2. The Morgan fingerprint density at radius 2 is 1.75 bits per heavy atom. The molecule has 2 nitrogen and oxygen atoms in total. The van der Waals surface area contributed by atoms with E-state index in [-0.39, 0.29) is 0 Å². The van der Waals surface area contributed by atoms with E-state index in [1.165, 1.54) is 4.70 Å². The van der Waals surface area contributed by atoms with Crippen molar-refractivity contribution in [2.24, 2.45) is 0 Å². The monoisotopic (exact) mass is 226 g/mol. The van der Waals surface area contributed by atoms with Crippen LogP contribution in [0.2, 0.25) is 0 Å². The molecule has 0 unspecified atom stereocenters. The largest absolute Gasteiger partial charge is 0.398 e. The molecule has 1 aromatic heterocycles. The van der Waals surface area contributed by atoms with Crippen molar-refractivity contribution in [1.29, 1.82) is 0 Å². The molecule has 0 amide bonds. The number of para-hydroxylation sites is 2. The summed E-state index contributed by atoms with van der Waals surface area (Å²) in [7, 11) is 0. The molecule has 16 heavy (non-hydrogen) atoms. The number of nitrogens with two attached hydrogens (primary N) is 1. The van der Waals surface area contributed by atoms with Crippen molar-refractivity contribution < 1.29 is 0 Å². The van der Waals surface area contributed by atoms with E-state index in [0.29, 0.717) is 0 Å². The quantitative estimate of drug-likeness (QED) is 0.644. The summed E-state index contributed by atoms with van der Waals surface area (Å²) >= 11 is 1.65. The third-order valence-electron chi connectivity index (χ3n) is 2.61. The third kappa shape index (κ3) is 1.37. The van der Waals surface area contributed by atoms with E-state index in [0.717, 1.165) is 22.3 Å². The first-order chi connectivity index (χ1) is 7.86. The van der Waals surface area contributed by atoms with Gasteiger partial charge in [0, 0.05) is 16.8 Å². The lowest BCUT2D eigenvalue weighted by atomic mass is 10.0. The van der Waals surface area contributed by atoms with Gasteiger partial charge in [-0.15, -0.1) is 11.3 Å². The van der Waals surface area contributed by atoms with E-state index in [4.69, 9.17) is 5.73 Å². The Hall–Kier alpha value is -1.87. The van der Waals surface area contributed by atoms with E-state index in [9.17, 15) is 0 Å². The van der Waals surface area contributed by atoms with E-state index in [2.05, 4.69) is 17.1 Å². The Morgan fingerprint density at radius 3 is 2.62 bits per heavy atom. The van der Waals surface area contributed by atoms with Gasteiger partial charge in [0.1, 0.15) is 0 Å². The molecular weight excluding hydrogens is 216 g/mol. The van der Waals surface area contributed by atoms with Crippen LogP contribution in [0.5, 0.6) is 0 Å². The van der Waals surface area contributed by atoms with Crippen LogP contribution in [-0.2, 0) is 0 Å². The first kappa shape index (κ1) is 9.36. The van der Waals surface area contributed by atoms with E-state index in [1.54, 1.807) is 11.3 Å². The predicted octanol–water partition coefficient (Wildman–Crippen LogP) is 3.55. The van der Waals surface area contributed by atoms with Gasteiger partial charge in [0.15, 0.2) is 0 Å². The summed E-state index contributed by atoms with van der Waals surface area (Å²) < 4.78 is 1.20. The number of aromatic nitrogens is 1. The van der Waals surface area contributed by atoms with Crippen LogP contribution >= 0.6 is 11.3 Å². The highest BCUT2D eigenvalue weighted by molar-refractivity contribution is 7.16. The van der Waals surface area contributed by atoms with Gasteiger partial charge in [-0.3, -0.25) is 0 Å². The van der Waals surface area contributed by atoms with Crippen LogP contribution in [0.4, 0.5) is 5.69 Å². The molecular formula is C13H10N2S. The second kappa shape index (κ2) is 3.61. The van der Waals surface area contributed by atoms with Gasteiger partial charge in [-0.25, -0.2) is 4.98 Å². The molecule has 0 aliphatic carbocycles. The molecule has 2 aromatic carbocycles. The van der Waals surface area contributed by atoms with E-state index in [1.807, 2.05) is 35.8 Å². The van der Waals surface area contributed by atoms with Crippen molar-refractivity contribution in [1.82, 2.24) is 4.98 Å². The fourth-order valence-corrected chi connectivity index (χ4v) is 2.55. The van der Waals surface area contributed by atoms with Crippen LogP contribution in [0, 0.1) is 0 Å². The predicted molar refractivity (Wildman–Crippen MR) is 69.5 cm³/mol. The first-order valence-corrected chi connectivity index (χ1v) is 5.91. The average Bonchev–Trinajstić information content (AvgIpc) is 2.77. The number of nitrogens with zero attached hydrogens (tertiary/aromatic N) is 1. The zero-order valence-electron chi connectivity index (χ0n) is 8.55. The van der Waals surface area contributed by atoms with E-state index < -0.39 is 0 Å². The SMILES string of the molecule is Nc1ccccc1-c1cccc2scnc12. The summed E-state index contributed by atoms with van der Waals surface area (Å²) in [5, 5.41) is 0. The maximum absolute atomic E-state index is 5.99.